The maximum atomic E-state index is 13.2. The Labute approximate surface area is 172 Å². The Hall–Kier alpha value is -2.69. The van der Waals surface area contributed by atoms with Gasteiger partial charge in [-0.2, -0.15) is 0 Å². The van der Waals surface area contributed by atoms with Crippen LogP contribution in [0.1, 0.15) is 59.3 Å². The van der Waals surface area contributed by atoms with E-state index in [1.807, 2.05) is 37.1 Å². The van der Waals surface area contributed by atoms with E-state index in [1.165, 1.54) is 0 Å². The summed E-state index contributed by atoms with van der Waals surface area (Å²) >= 11 is 0. The summed E-state index contributed by atoms with van der Waals surface area (Å²) in [5.41, 5.74) is 1.15. The molecule has 0 bridgehead atoms. The highest BCUT2D eigenvalue weighted by Gasteiger charge is 2.54. The highest BCUT2D eigenvalue weighted by Crippen LogP contribution is 2.44. The first-order chi connectivity index (χ1) is 13.8. The number of likely N-dealkylation sites (N-methyl/N-ethyl adjacent to an activating group) is 1. The summed E-state index contributed by atoms with van der Waals surface area (Å²) in [5, 5.41) is 0. The lowest BCUT2D eigenvalue weighted by Gasteiger charge is -2.33. The van der Waals surface area contributed by atoms with Crippen LogP contribution in [0.5, 0.6) is 0 Å². The second-order valence-corrected chi connectivity index (χ2v) is 7.95. The van der Waals surface area contributed by atoms with E-state index in [-0.39, 0.29) is 17.1 Å². The molecule has 2 heterocycles. The number of ketones is 2. The van der Waals surface area contributed by atoms with E-state index in [2.05, 4.69) is 6.92 Å². The van der Waals surface area contributed by atoms with Crippen molar-refractivity contribution in [3.8, 4) is 0 Å². The molecule has 154 valence electrons. The van der Waals surface area contributed by atoms with E-state index in [9.17, 15) is 14.4 Å². The molecular weight excluding hydrogens is 366 g/mol. The second-order valence-electron chi connectivity index (χ2n) is 7.95. The quantitative estimate of drug-likeness (QED) is 0.348. The fraction of sp³-hybridized carbons (Fsp3) is 0.458. The van der Waals surface area contributed by atoms with Gasteiger partial charge in [-0.05, 0) is 44.1 Å². The zero-order valence-electron chi connectivity index (χ0n) is 17.7. The van der Waals surface area contributed by atoms with Gasteiger partial charge in [-0.1, -0.05) is 38.7 Å². The summed E-state index contributed by atoms with van der Waals surface area (Å²) in [5.74, 6) is -1.20. The Balaban J connectivity index is 1.96. The SMILES string of the molecule is C/C=C/C1=CC2=CC3=C(C(=O)CCCCCCC)C(=O)O[C@@]3(C)C(=O)C2=CN1C. The van der Waals surface area contributed by atoms with Crippen LogP contribution < -0.4 is 0 Å². The zero-order valence-corrected chi connectivity index (χ0v) is 17.7. The third-order valence-electron chi connectivity index (χ3n) is 5.73. The molecule has 3 rings (SSSR count). The molecule has 5 heteroatoms. The van der Waals surface area contributed by atoms with E-state index < -0.39 is 11.6 Å². The lowest BCUT2D eigenvalue weighted by atomic mass is 9.76. The molecule has 0 aromatic heterocycles. The molecule has 5 nitrogen and oxygen atoms in total. The van der Waals surface area contributed by atoms with Gasteiger partial charge in [0.05, 0.1) is 0 Å². The predicted molar refractivity (Wildman–Crippen MR) is 112 cm³/mol. The number of carbonyl (C=O) groups excluding carboxylic acids is 3. The summed E-state index contributed by atoms with van der Waals surface area (Å²) < 4.78 is 5.48. The number of allylic oxidation sites excluding steroid dienone is 4. The number of carbonyl (C=O) groups is 3. The van der Waals surface area contributed by atoms with Gasteiger partial charge in [0.25, 0.3) is 0 Å². The summed E-state index contributed by atoms with van der Waals surface area (Å²) in [6.07, 6.45) is 14.7. The first-order valence-corrected chi connectivity index (χ1v) is 10.4. The van der Waals surface area contributed by atoms with Crippen molar-refractivity contribution in [1.29, 1.82) is 0 Å². The summed E-state index contributed by atoms with van der Waals surface area (Å²) in [7, 11) is 1.87. The predicted octanol–water partition coefficient (Wildman–Crippen LogP) is 4.33. The van der Waals surface area contributed by atoms with Gasteiger partial charge in [0.2, 0.25) is 5.78 Å². The average Bonchev–Trinajstić information content (AvgIpc) is 2.94. The van der Waals surface area contributed by atoms with Gasteiger partial charge in [-0.15, -0.1) is 0 Å². The van der Waals surface area contributed by atoms with Crippen LogP contribution in [-0.4, -0.2) is 35.1 Å². The highest BCUT2D eigenvalue weighted by molar-refractivity contribution is 6.24. The fourth-order valence-corrected chi connectivity index (χ4v) is 4.04. The average molecular weight is 395 g/mol. The number of rotatable bonds is 8. The molecule has 1 aliphatic carbocycles. The molecule has 1 atom stereocenters. The van der Waals surface area contributed by atoms with Gasteiger partial charge in [0.15, 0.2) is 11.4 Å². The van der Waals surface area contributed by atoms with Crippen molar-refractivity contribution in [3.63, 3.8) is 0 Å². The van der Waals surface area contributed by atoms with Crippen LogP contribution in [0.3, 0.4) is 0 Å². The Morgan fingerprint density at radius 2 is 1.90 bits per heavy atom. The minimum atomic E-state index is -1.42. The van der Waals surface area contributed by atoms with Crippen LogP contribution in [0.2, 0.25) is 0 Å². The van der Waals surface area contributed by atoms with Gasteiger partial charge in [-0.25, -0.2) is 4.79 Å². The van der Waals surface area contributed by atoms with E-state index in [0.29, 0.717) is 23.1 Å². The molecule has 3 aliphatic rings. The number of unbranched alkanes of at least 4 members (excludes halogenated alkanes) is 4. The summed E-state index contributed by atoms with van der Waals surface area (Å²) in [4.78, 5) is 40.5. The normalized spacial score (nSPS) is 23.6. The summed E-state index contributed by atoms with van der Waals surface area (Å²) in [6.45, 7) is 5.65. The molecule has 0 unspecified atom stereocenters. The van der Waals surface area contributed by atoms with Crippen LogP contribution in [0.4, 0.5) is 0 Å². The first kappa shape index (κ1) is 21.0. The third-order valence-corrected chi connectivity index (χ3v) is 5.73. The van der Waals surface area contributed by atoms with Crippen molar-refractivity contribution < 1.29 is 19.1 Å². The van der Waals surface area contributed by atoms with Gasteiger partial charge in [0, 0.05) is 36.5 Å². The number of ether oxygens (including phenoxy) is 1. The number of hydrogen-bond acceptors (Lipinski definition) is 5. The third kappa shape index (κ3) is 3.78. The summed E-state index contributed by atoms with van der Waals surface area (Å²) in [6, 6.07) is 0. The molecule has 29 heavy (non-hydrogen) atoms. The zero-order chi connectivity index (χ0) is 21.2. The van der Waals surface area contributed by atoms with Crippen molar-refractivity contribution in [3.05, 3.63) is 58.5 Å². The Morgan fingerprint density at radius 1 is 1.17 bits per heavy atom. The molecule has 0 amide bonds. The minimum Gasteiger partial charge on any atom is -0.442 e. The van der Waals surface area contributed by atoms with E-state index in [4.69, 9.17) is 4.74 Å². The highest BCUT2D eigenvalue weighted by atomic mass is 16.6. The Kier molecular flexibility index (Phi) is 6.06. The Bertz CT molecular complexity index is 900. The minimum absolute atomic E-state index is 0.0443. The number of Topliss-reactive ketones (excluding diaryl/α,β-unsaturated/α-hetero) is 2. The largest absolute Gasteiger partial charge is 0.442 e. The number of nitrogens with zero attached hydrogens (tertiary/aromatic N) is 1. The molecule has 0 aromatic carbocycles. The smallest absolute Gasteiger partial charge is 0.343 e. The number of hydrogen-bond donors (Lipinski definition) is 0. The number of fused-ring (bicyclic) bond motifs is 2. The van der Waals surface area contributed by atoms with Gasteiger partial charge >= 0.3 is 5.97 Å². The van der Waals surface area contributed by atoms with Crippen molar-refractivity contribution >= 4 is 17.5 Å². The van der Waals surface area contributed by atoms with E-state index >= 15 is 0 Å². The molecule has 0 fully saturated rings. The standard InChI is InChI=1S/C24H29NO4/c1-5-7-8-9-10-12-20(26)21-19-14-16-13-17(11-6-2)25(4)15-18(16)22(27)24(19,3)29-23(21)28/h6,11,13-15H,5,7-10,12H2,1-4H3/b11-6+/t24-/m1/s1. The molecule has 2 aliphatic heterocycles. The van der Waals surface area contributed by atoms with Crippen LogP contribution in [0.15, 0.2) is 58.5 Å². The lowest BCUT2D eigenvalue weighted by Crippen LogP contribution is -2.42. The van der Waals surface area contributed by atoms with E-state index in [1.54, 1.807) is 19.2 Å². The van der Waals surface area contributed by atoms with Gasteiger partial charge in [0.1, 0.15) is 5.57 Å². The van der Waals surface area contributed by atoms with Crippen molar-refractivity contribution in [1.82, 2.24) is 4.90 Å². The van der Waals surface area contributed by atoms with Crippen LogP contribution in [0, 0.1) is 0 Å². The van der Waals surface area contributed by atoms with Crippen LogP contribution in [-0.2, 0) is 19.1 Å². The molecule has 0 saturated heterocycles. The first-order valence-electron chi connectivity index (χ1n) is 10.4. The monoisotopic (exact) mass is 395 g/mol. The maximum Gasteiger partial charge on any atom is 0.343 e. The fourth-order valence-electron chi connectivity index (χ4n) is 4.04. The molecule has 0 N–H and O–H groups in total. The lowest BCUT2D eigenvalue weighted by molar-refractivity contribution is -0.153. The van der Waals surface area contributed by atoms with E-state index in [0.717, 1.165) is 37.8 Å². The maximum absolute atomic E-state index is 13.2. The Morgan fingerprint density at radius 3 is 2.59 bits per heavy atom. The number of esters is 1. The van der Waals surface area contributed by atoms with Gasteiger partial charge < -0.3 is 9.64 Å². The van der Waals surface area contributed by atoms with Crippen LogP contribution in [0.25, 0.3) is 0 Å². The van der Waals surface area contributed by atoms with Crippen molar-refractivity contribution in [2.75, 3.05) is 7.05 Å². The molecule has 0 aromatic rings. The second kappa shape index (κ2) is 8.36. The van der Waals surface area contributed by atoms with Gasteiger partial charge in [-0.3, -0.25) is 9.59 Å². The molecule has 0 radical (unpaired) electrons. The topological polar surface area (TPSA) is 63.7 Å². The van der Waals surface area contributed by atoms with Crippen LogP contribution >= 0.6 is 0 Å². The molecule has 0 saturated carbocycles. The molecule has 0 spiro atoms. The molecular formula is C24H29NO4. The van der Waals surface area contributed by atoms with Crippen molar-refractivity contribution in [2.24, 2.45) is 0 Å². The van der Waals surface area contributed by atoms with Crippen molar-refractivity contribution in [2.45, 2.75) is 64.9 Å².